The van der Waals surface area contributed by atoms with Crippen molar-refractivity contribution < 1.29 is 37.4 Å². The van der Waals surface area contributed by atoms with Gasteiger partial charge in [-0.15, -0.1) is 0 Å². The lowest BCUT2D eigenvalue weighted by atomic mass is 10.5. The smallest absolute Gasteiger partial charge is 0.216 e. The SMILES string of the molecule is CCCNC(C)=O.CNC(C)=O.COCCOCCNC(C)=O.[3H]N([3H])CCNC(C)=O.[3H][3H].[3H][3H]. The predicted octanol–water partition coefficient (Wildman–Crippen LogP) is -0.356. The summed E-state index contributed by atoms with van der Waals surface area (Å²) in [5, 5.41) is 10.1. The second-order valence-electron chi connectivity index (χ2n) is 5.58. The predicted molar refractivity (Wildman–Crippen MR) is 122 cm³/mol. The van der Waals surface area contributed by atoms with Crippen molar-refractivity contribution in [3.05, 3.63) is 0 Å². The number of hydrogen-bond acceptors (Lipinski definition) is 7. The van der Waals surface area contributed by atoms with Gasteiger partial charge in [0, 0.05) is 74.0 Å². The van der Waals surface area contributed by atoms with Crippen molar-refractivity contribution in [1.82, 2.24) is 21.3 Å². The molecule has 0 atom stereocenters. The van der Waals surface area contributed by atoms with Gasteiger partial charge in [-0.2, -0.15) is 0 Å². The Hall–Kier alpha value is -2.24. The summed E-state index contributed by atoms with van der Waals surface area (Å²) in [4.78, 5) is 40.3. The Morgan fingerprint density at radius 2 is 1.33 bits per heavy atom. The number of methoxy groups -OCH3 is 1. The molecule has 0 rings (SSSR count). The summed E-state index contributed by atoms with van der Waals surface area (Å²) < 4.78 is 43.0. The first-order chi connectivity index (χ1) is 16.9. The highest BCUT2D eigenvalue weighted by molar-refractivity contribution is 5.73. The summed E-state index contributed by atoms with van der Waals surface area (Å²) in [5.74, 6) is -0.0935. The molecule has 0 aromatic rings. The minimum atomic E-state index is -0.128. The van der Waals surface area contributed by atoms with E-state index in [4.69, 9.17) is 18.2 Å². The number of rotatable bonds is 11. The van der Waals surface area contributed by atoms with Crippen LogP contribution in [-0.2, 0) is 28.7 Å². The third-order valence-electron chi connectivity index (χ3n) is 2.51. The molecule has 0 aromatic carbocycles. The number of nitrogens with one attached hydrogen (secondary N) is 4. The number of hydrogen-bond donors (Lipinski definition) is 5. The van der Waals surface area contributed by atoms with Crippen LogP contribution < -0.4 is 27.0 Å². The fourth-order valence-corrected chi connectivity index (χ4v) is 1.08. The monoisotopic (exact) mass is 453 g/mol. The van der Waals surface area contributed by atoms with Crippen LogP contribution in [0.25, 0.3) is 0 Å². The summed E-state index contributed by atoms with van der Waals surface area (Å²) >= 11 is 0. The van der Waals surface area contributed by atoms with Gasteiger partial charge in [0.2, 0.25) is 23.6 Å². The molecular weight excluding hydrogens is 394 g/mol. The van der Waals surface area contributed by atoms with Crippen LogP contribution in [0.2, 0.25) is 2.82 Å². The molecule has 184 valence electrons. The summed E-state index contributed by atoms with van der Waals surface area (Å²) in [7, 11) is 3.22. The van der Waals surface area contributed by atoms with Gasteiger partial charge in [0.15, 0.2) is 0 Å². The zero-order valence-electron chi connectivity index (χ0n) is 25.6. The van der Waals surface area contributed by atoms with Crippen LogP contribution in [0.3, 0.4) is 0 Å². The van der Waals surface area contributed by atoms with Crippen molar-refractivity contribution in [3.63, 3.8) is 0 Å². The largest absolute Gasteiger partial charge is 0.382 e. The zero-order valence-corrected chi connectivity index (χ0v) is 19.6. The molecule has 11 heteroatoms. The molecule has 4 amide bonds. The zero-order chi connectivity index (χ0) is 29.8. The number of carbonyl (C=O) groups is 4. The number of amides is 4. The fourth-order valence-electron chi connectivity index (χ4n) is 1.08. The van der Waals surface area contributed by atoms with Crippen molar-refractivity contribution in [3.8, 4) is 0 Å². The molecule has 6 N–H and O–H groups in total. The summed E-state index contributed by atoms with van der Waals surface area (Å²) in [5.41, 5.74) is 0.524. The molecule has 0 aliphatic rings. The second-order valence-corrected chi connectivity index (χ2v) is 5.58. The molecule has 0 fully saturated rings. The van der Waals surface area contributed by atoms with E-state index in [0.29, 0.717) is 38.6 Å². The molecule has 0 spiro atoms. The molecule has 0 bridgehead atoms. The highest BCUT2D eigenvalue weighted by Crippen LogP contribution is 1.74. The minimum Gasteiger partial charge on any atom is -0.382 e. The van der Waals surface area contributed by atoms with Gasteiger partial charge < -0.3 is 36.5 Å². The van der Waals surface area contributed by atoms with Gasteiger partial charge in [-0.05, 0) is 6.42 Å². The highest BCUT2D eigenvalue weighted by atomic mass is 16.5. The average Bonchev–Trinajstić information content (AvgIpc) is 2.83. The molecule has 0 saturated carbocycles. The van der Waals surface area contributed by atoms with Crippen LogP contribution in [0.5, 0.6) is 0 Å². The van der Waals surface area contributed by atoms with E-state index in [2.05, 4.69) is 21.3 Å². The summed E-state index contributed by atoms with van der Waals surface area (Å²) in [6.07, 6.45) is 1.01. The highest BCUT2D eigenvalue weighted by Gasteiger charge is 1.90. The molecule has 30 heavy (non-hydrogen) atoms. The molecule has 0 aromatic heterocycles. The number of ether oxygens (including phenoxy) is 2. The Morgan fingerprint density at radius 1 is 0.867 bits per heavy atom. The summed E-state index contributed by atoms with van der Waals surface area (Å²) in [6, 6.07) is 0. The van der Waals surface area contributed by atoms with Gasteiger partial charge in [-0.25, -0.2) is 0 Å². The Labute approximate surface area is 190 Å². The molecule has 11 nitrogen and oxygen atoms in total. The summed E-state index contributed by atoms with van der Waals surface area (Å²) in [6.45, 7) is 11.6. The Morgan fingerprint density at radius 3 is 1.67 bits per heavy atom. The molecule has 0 saturated heterocycles. The van der Waals surface area contributed by atoms with Crippen LogP contribution in [0, 0.1) is 0 Å². The van der Waals surface area contributed by atoms with Crippen LogP contribution in [0.4, 0.5) is 0 Å². The Balaban J connectivity index is -0.0000000818. The molecule has 0 aliphatic heterocycles. The van der Waals surface area contributed by atoms with Gasteiger partial charge in [-0.3, -0.25) is 19.2 Å². The first-order valence-electron chi connectivity index (χ1n) is 12.6. The lowest BCUT2D eigenvalue weighted by molar-refractivity contribution is -0.120. The van der Waals surface area contributed by atoms with E-state index in [1.807, 2.05) is 6.92 Å². The van der Waals surface area contributed by atoms with E-state index in [-0.39, 0.29) is 30.2 Å². The maximum absolute atomic E-state index is 10.3. The van der Waals surface area contributed by atoms with E-state index < -0.39 is 0 Å². The van der Waals surface area contributed by atoms with Crippen LogP contribution in [-0.4, -0.2) is 83.8 Å². The van der Waals surface area contributed by atoms with Crippen molar-refractivity contribution in [2.24, 2.45) is 5.72 Å². The van der Waals surface area contributed by atoms with Crippen molar-refractivity contribution in [2.45, 2.75) is 41.0 Å². The average molecular weight is 454 g/mol. The molecule has 0 unspecified atom stereocenters. The van der Waals surface area contributed by atoms with E-state index in [1.54, 1.807) is 14.2 Å². The topological polar surface area (TPSA) is 161 Å². The van der Waals surface area contributed by atoms with Gasteiger partial charge in [0.25, 0.3) is 0 Å². The van der Waals surface area contributed by atoms with Gasteiger partial charge in [0.05, 0.1) is 19.8 Å². The van der Waals surface area contributed by atoms with Crippen LogP contribution in [0.15, 0.2) is 0 Å². The first kappa shape index (κ1) is 25.8. The van der Waals surface area contributed by atoms with Gasteiger partial charge in [0.1, 0.15) is 2.82 Å². The van der Waals surface area contributed by atoms with Crippen LogP contribution >= 0.6 is 0 Å². The first-order valence-corrected chi connectivity index (χ1v) is 9.67. The van der Waals surface area contributed by atoms with Crippen molar-refractivity contribution >= 4 is 23.6 Å². The third-order valence-corrected chi connectivity index (χ3v) is 2.51. The van der Waals surface area contributed by atoms with E-state index in [9.17, 15) is 19.2 Å². The molecular formula is C19H47N5O6. The standard InChI is InChI=1S/C7H15NO3.C5H11NO.C4H10N2O.C3H7NO.2H2/c1-7(9)8-3-4-11-6-5-10-2;1-3-4-6-5(2)7;1-4(7)6-3-2-5;1-3(5)4-2;;/h3-6H2,1-2H3,(H,8,9);3-4H2,1-2H3,(H,6,7);2-3,5H2,1H3,(H,6,7);1-2H3,(H,4,5);2*1H/i;;;;2*1+2T/hT2. The molecule has 0 heterocycles. The molecule has 0 radical (unpaired) electrons. The minimum absolute atomic E-state index is 0.00463. The lowest BCUT2D eigenvalue weighted by Gasteiger charge is -2.03. The van der Waals surface area contributed by atoms with Gasteiger partial charge >= 0.3 is 0 Å². The maximum atomic E-state index is 10.3. The third kappa shape index (κ3) is 63.6. The van der Waals surface area contributed by atoms with Crippen LogP contribution in [0.1, 0.15) is 47.0 Å². The van der Waals surface area contributed by atoms with E-state index in [1.165, 1.54) is 27.7 Å². The lowest BCUT2D eigenvalue weighted by Crippen LogP contribution is -2.26. The number of nitrogens with two attached hydrogens (primary N) is 1. The molecule has 0 aliphatic carbocycles. The number of carbonyl (C=O) groups excluding carboxylic acids is 4. The quantitative estimate of drug-likeness (QED) is 0.267. The van der Waals surface area contributed by atoms with Gasteiger partial charge in [-0.1, -0.05) is 6.92 Å². The van der Waals surface area contributed by atoms with Crippen molar-refractivity contribution in [2.75, 3.05) is 60.2 Å². The maximum Gasteiger partial charge on any atom is 0.216 e. The van der Waals surface area contributed by atoms with E-state index >= 15 is 0 Å². The van der Waals surface area contributed by atoms with E-state index in [0.717, 1.165) is 13.0 Å². The normalized spacial score (nSPS) is 10.1. The Kier molecular flexibility index (Phi) is 27.0. The Bertz CT molecular complexity index is 484. The second kappa shape index (κ2) is 31.5. The fraction of sp³-hybridized carbons (Fsp3) is 0.789. The van der Waals surface area contributed by atoms with Crippen molar-refractivity contribution in [1.29, 1.82) is 0 Å².